The number of fused-ring (bicyclic) bond motifs is 5. The van der Waals surface area contributed by atoms with Gasteiger partial charge < -0.3 is 40.5 Å². The number of nitrogens with zero attached hydrogens (tertiary/aromatic N) is 4. The van der Waals surface area contributed by atoms with Gasteiger partial charge in [-0.3, -0.25) is 15.0 Å². The maximum absolute atomic E-state index is 11.0. The second-order valence-corrected chi connectivity index (χ2v) is 13.9. The molecule has 0 bridgehead atoms. The van der Waals surface area contributed by atoms with Crippen LogP contribution in [-0.4, -0.2) is 52.4 Å². The van der Waals surface area contributed by atoms with Crippen molar-refractivity contribution in [2.75, 3.05) is 27.9 Å². The number of H-pyrrole nitrogens is 4. The van der Waals surface area contributed by atoms with Gasteiger partial charge in [0.2, 0.25) is 5.91 Å². The van der Waals surface area contributed by atoms with Gasteiger partial charge in [0.05, 0.1) is 54.3 Å². The lowest BCUT2D eigenvalue weighted by Crippen LogP contribution is -2.09. The molecule has 0 unspecified atom stereocenters. The second kappa shape index (κ2) is 19.4. The third-order valence-electron chi connectivity index (χ3n) is 9.61. The van der Waals surface area contributed by atoms with Crippen LogP contribution in [0.25, 0.3) is 0 Å². The van der Waals surface area contributed by atoms with E-state index < -0.39 is 0 Å². The molecule has 10 rings (SSSR count). The Morgan fingerprint density at radius 2 is 1.33 bits per heavy atom. The zero-order valence-electron chi connectivity index (χ0n) is 31.2. The van der Waals surface area contributed by atoms with Gasteiger partial charge in [-0.05, 0) is 94.7 Å². The number of ether oxygens (including phenoxy) is 1. The topological polar surface area (TPSA) is 181 Å². The quantitative estimate of drug-likeness (QED) is 0.0796. The Balaban J connectivity index is 0.000000115. The van der Waals surface area contributed by atoms with Crippen LogP contribution in [0.3, 0.4) is 0 Å². The summed E-state index contributed by atoms with van der Waals surface area (Å²) in [6, 6.07) is 4.19. The maximum atomic E-state index is 11.0. The summed E-state index contributed by atoms with van der Waals surface area (Å²) in [5.41, 5.74) is 11.8. The molecule has 14 heteroatoms. The average molecular weight is 735 g/mol. The van der Waals surface area contributed by atoms with Crippen molar-refractivity contribution in [3.63, 3.8) is 0 Å². The van der Waals surface area contributed by atoms with Crippen LogP contribution < -0.4 is 21.3 Å². The number of hydrogen-bond donors (Lipinski definition) is 8. The van der Waals surface area contributed by atoms with E-state index in [2.05, 4.69) is 93.1 Å². The molecule has 0 fully saturated rings. The minimum absolute atomic E-state index is 0.0769. The highest BCUT2D eigenvalue weighted by molar-refractivity contribution is 5.91. The summed E-state index contributed by atoms with van der Waals surface area (Å²) in [7, 11) is 0. The Morgan fingerprint density at radius 3 is 2.19 bits per heavy atom. The van der Waals surface area contributed by atoms with Gasteiger partial charge in [0.25, 0.3) is 0 Å². The van der Waals surface area contributed by atoms with Crippen molar-refractivity contribution in [2.24, 2.45) is 0 Å². The van der Waals surface area contributed by atoms with Gasteiger partial charge in [-0.2, -0.15) is 10.2 Å². The first-order valence-electron chi connectivity index (χ1n) is 19.0. The standard InChI is InChI=1S/2C9H12N2.C8H11N3.C7H9N3O.C7H10N2O/c1-7-3-2-4-8-9(11-7)5-6-10-8;1-7-3-2-4-8-5-6-10-9(8)11-7;1-6-3-2-4-7-8(10-6)5-9-11-7;11-6-3-1-2-5-4-8-10-7(5)9-6;1-2-9-6-8-4-7(9)5-10-3-1/h2*5-6,10-11H,1-4H2;5,10H,1-4H2,(H,9,11);4H,1-3H2,(H2,8,9,10,11);4,6H,1-3,5H2. The number of rotatable bonds is 0. The van der Waals surface area contributed by atoms with Crippen LogP contribution in [0.2, 0.25) is 0 Å². The van der Waals surface area contributed by atoms with Gasteiger partial charge in [0.15, 0.2) is 0 Å². The number of aryl methyl sites for hydroxylation is 5. The molecule has 0 spiro atoms. The predicted molar refractivity (Wildman–Crippen MR) is 214 cm³/mol. The van der Waals surface area contributed by atoms with Crippen LogP contribution in [0.15, 0.2) is 86.3 Å². The van der Waals surface area contributed by atoms with E-state index in [0.717, 1.165) is 124 Å². The minimum Gasteiger partial charge on any atom is -0.375 e. The first-order valence-corrected chi connectivity index (χ1v) is 19.0. The van der Waals surface area contributed by atoms with Crippen molar-refractivity contribution in [1.82, 2.24) is 39.9 Å². The van der Waals surface area contributed by atoms with Crippen LogP contribution in [-0.2, 0) is 48.4 Å². The van der Waals surface area contributed by atoms with E-state index in [1.54, 1.807) is 6.20 Å². The summed E-state index contributed by atoms with van der Waals surface area (Å²) in [6.07, 6.45) is 25.0. The first kappa shape index (κ1) is 38.0. The largest absolute Gasteiger partial charge is 0.375 e. The Kier molecular flexibility index (Phi) is 13.6. The Labute approximate surface area is 316 Å². The molecule has 286 valence electrons. The summed E-state index contributed by atoms with van der Waals surface area (Å²) in [4.78, 5) is 21.4. The molecule has 10 heterocycles. The molecule has 0 saturated carbocycles. The third-order valence-corrected chi connectivity index (χ3v) is 9.61. The van der Waals surface area contributed by atoms with Crippen LogP contribution >= 0.6 is 0 Å². The second-order valence-electron chi connectivity index (χ2n) is 13.9. The molecule has 0 atom stereocenters. The lowest BCUT2D eigenvalue weighted by Gasteiger charge is -2.02. The summed E-state index contributed by atoms with van der Waals surface area (Å²) < 4.78 is 7.46. The van der Waals surface area contributed by atoms with E-state index in [1.807, 2.05) is 31.1 Å². The van der Waals surface area contributed by atoms with Crippen LogP contribution in [0.1, 0.15) is 86.0 Å². The summed E-state index contributed by atoms with van der Waals surface area (Å²) in [6.45, 7) is 14.4. The number of aromatic nitrogens is 8. The van der Waals surface area contributed by atoms with Crippen LogP contribution in [0.4, 0.5) is 23.0 Å². The number of aromatic amines is 4. The smallest absolute Gasteiger partial charge is 0.225 e. The first-order chi connectivity index (χ1) is 26.4. The summed E-state index contributed by atoms with van der Waals surface area (Å²) in [5, 5.41) is 26.0. The maximum Gasteiger partial charge on any atom is 0.225 e. The lowest BCUT2D eigenvalue weighted by molar-refractivity contribution is -0.116. The Bertz CT molecular complexity index is 1720. The average Bonchev–Trinajstić information content (AvgIpc) is 3.97. The highest BCUT2D eigenvalue weighted by Gasteiger charge is 2.14. The van der Waals surface area contributed by atoms with Gasteiger partial charge >= 0.3 is 0 Å². The fourth-order valence-corrected chi connectivity index (χ4v) is 6.69. The van der Waals surface area contributed by atoms with Gasteiger partial charge in [-0.15, -0.1) is 0 Å². The number of allylic oxidation sites excluding steroid dienone is 3. The van der Waals surface area contributed by atoms with E-state index in [1.165, 1.54) is 41.2 Å². The van der Waals surface area contributed by atoms with Crippen LogP contribution in [0, 0.1) is 0 Å². The van der Waals surface area contributed by atoms with E-state index in [-0.39, 0.29) is 5.91 Å². The molecular weight excluding hydrogens is 681 g/mol. The fourth-order valence-electron chi connectivity index (χ4n) is 6.69. The number of imidazole rings is 1. The summed E-state index contributed by atoms with van der Waals surface area (Å²) >= 11 is 0. The van der Waals surface area contributed by atoms with Crippen molar-refractivity contribution in [3.05, 3.63) is 114 Å². The molecule has 0 aliphatic carbocycles. The van der Waals surface area contributed by atoms with Crippen molar-refractivity contribution >= 4 is 28.9 Å². The number of carbonyl (C=O) groups is 1. The molecule has 0 saturated heterocycles. The molecule has 5 aromatic rings. The highest BCUT2D eigenvalue weighted by atomic mass is 16.5. The Morgan fingerprint density at radius 1 is 0.630 bits per heavy atom. The number of anilines is 4. The van der Waals surface area contributed by atoms with E-state index in [4.69, 9.17) is 4.74 Å². The number of nitrogens with one attached hydrogen (secondary N) is 8. The highest BCUT2D eigenvalue weighted by Crippen LogP contribution is 2.25. The van der Waals surface area contributed by atoms with Gasteiger partial charge in [-0.25, -0.2) is 4.98 Å². The van der Waals surface area contributed by atoms with Crippen molar-refractivity contribution in [1.29, 1.82) is 0 Å². The molecule has 5 aliphatic heterocycles. The number of carbonyl (C=O) groups excluding carboxylic acids is 1. The minimum atomic E-state index is 0.0769. The monoisotopic (exact) mass is 734 g/mol. The molecule has 5 aliphatic rings. The molecule has 14 nitrogen and oxygen atoms in total. The number of hydrogen-bond acceptors (Lipinski definition) is 8. The van der Waals surface area contributed by atoms with Gasteiger partial charge in [0.1, 0.15) is 11.6 Å². The fraction of sp³-hybridized carbons (Fsp3) is 0.400. The zero-order valence-corrected chi connectivity index (χ0v) is 31.2. The molecule has 1 amide bonds. The third kappa shape index (κ3) is 11.1. The molecule has 0 radical (unpaired) electrons. The van der Waals surface area contributed by atoms with Gasteiger partial charge in [-0.1, -0.05) is 19.7 Å². The molecular formula is C40H54N12O2. The summed E-state index contributed by atoms with van der Waals surface area (Å²) in [5.74, 6) is 1.98. The molecule has 0 aromatic carbocycles. The lowest BCUT2D eigenvalue weighted by atomic mass is 10.1. The van der Waals surface area contributed by atoms with Crippen molar-refractivity contribution in [2.45, 2.75) is 96.6 Å². The molecule has 54 heavy (non-hydrogen) atoms. The molecule has 5 aromatic heterocycles. The van der Waals surface area contributed by atoms with Crippen molar-refractivity contribution in [3.8, 4) is 0 Å². The SMILES string of the molecule is C=C1CCCc2[nH]ccc2N1.C=C1CCCc2[nH]ncc2N1.C=C1CCCc2cc[nH]c2N1.O=C1CCCc2cn[nH]c2N1.c1ncn2c1COCCC2. The number of amides is 1. The predicted octanol–water partition coefficient (Wildman–Crippen LogP) is 7.71. The molecule has 8 N–H and O–H groups in total. The van der Waals surface area contributed by atoms with Gasteiger partial charge in [0, 0.05) is 60.3 Å². The zero-order chi connectivity index (χ0) is 37.5. The van der Waals surface area contributed by atoms with Crippen molar-refractivity contribution < 1.29 is 9.53 Å². The van der Waals surface area contributed by atoms with Crippen LogP contribution in [0.5, 0.6) is 0 Å². The normalized spacial score (nSPS) is 17.1. The van der Waals surface area contributed by atoms with E-state index >= 15 is 0 Å². The van der Waals surface area contributed by atoms with E-state index in [9.17, 15) is 4.79 Å². The van der Waals surface area contributed by atoms with E-state index in [0.29, 0.717) is 6.42 Å². The Hall–Kier alpha value is -5.76.